The first kappa shape index (κ1) is 13.6. The molecule has 2 aliphatic carbocycles. The molecule has 2 aliphatic rings. The normalized spacial score (nSPS) is 32.8. The van der Waals surface area contributed by atoms with Crippen molar-refractivity contribution >= 4 is 11.3 Å². The number of nitrogens with zero attached hydrogens (tertiary/aromatic N) is 1. The molecule has 106 valence electrons. The van der Waals surface area contributed by atoms with Crippen LogP contribution in [0.3, 0.4) is 0 Å². The molecule has 3 rings (SSSR count). The number of thiazole rings is 1. The van der Waals surface area contributed by atoms with E-state index in [1.54, 1.807) is 11.3 Å². The molecule has 0 radical (unpaired) electrons. The van der Waals surface area contributed by atoms with E-state index in [1.165, 1.54) is 56.2 Å². The molecule has 1 aromatic rings. The Kier molecular flexibility index (Phi) is 4.54. The molecule has 19 heavy (non-hydrogen) atoms. The number of likely N-dealkylation sites (N-methyl/N-ethyl adjacent to an activating group) is 1. The summed E-state index contributed by atoms with van der Waals surface area (Å²) in [6.45, 7) is 0. The molecule has 0 spiro atoms. The van der Waals surface area contributed by atoms with Gasteiger partial charge in [-0.3, -0.25) is 4.98 Å². The SMILES string of the molecule is CNC(Cc1cncs1)C1CCC2CCCCC2C1. The molecular weight excluding hydrogens is 252 g/mol. The number of hydrogen-bond donors (Lipinski definition) is 1. The Balaban J connectivity index is 1.60. The monoisotopic (exact) mass is 278 g/mol. The summed E-state index contributed by atoms with van der Waals surface area (Å²) in [5, 5.41) is 3.58. The summed E-state index contributed by atoms with van der Waals surface area (Å²) in [7, 11) is 2.14. The summed E-state index contributed by atoms with van der Waals surface area (Å²) in [4.78, 5) is 5.65. The third-order valence-electron chi connectivity index (χ3n) is 5.42. The third kappa shape index (κ3) is 3.19. The van der Waals surface area contributed by atoms with E-state index in [0.29, 0.717) is 6.04 Å². The Morgan fingerprint density at radius 3 is 2.84 bits per heavy atom. The maximum atomic E-state index is 4.21. The number of fused-ring (bicyclic) bond motifs is 1. The largest absolute Gasteiger partial charge is 0.316 e. The van der Waals surface area contributed by atoms with Crippen molar-refractivity contribution in [2.75, 3.05) is 7.05 Å². The van der Waals surface area contributed by atoms with Crippen LogP contribution in [0.15, 0.2) is 11.7 Å². The van der Waals surface area contributed by atoms with Crippen molar-refractivity contribution in [1.29, 1.82) is 0 Å². The molecular formula is C16H26N2S. The lowest BCUT2D eigenvalue weighted by Crippen LogP contribution is -2.40. The van der Waals surface area contributed by atoms with Crippen LogP contribution < -0.4 is 5.32 Å². The van der Waals surface area contributed by atoms with E-state index in [-0.39, 0.29) is 0 Å². The predicted octanol–water partition coefficient (Wildman–Crippen LogP) is 3.88. The van der Waals surface area contributed by atoms with Crippen LogP contribution in [0.5, 0.6) is 0 Å². The highest BCUT2D eigenvalue weighted by Crippen LogP contribution is 2.43. The van der Waals surface area contributed by atoms with Gasteiger partial charge in [0.05, 0.1) is 5.51 Å². The Bertz CT molecular complexity index is 376. The van der Waals surface area contributed by atoms with Gasteiger partial charge in [-0.1, -0.05) is 25.7 Å². The Morgan fingerprint density at radius 1 is 1.26 bits per heavy atom. The minimum absolute atomic E-state index is 0.656. The lowest BCUT2D eigenvalue weighted by atomic mass is 9.66. The highest BCUT2D eigenvalue weighted by molar-refractivity contribution is 7.09. The van der Waals surface area contributed by atoms with Crippen molar-refractivity contribution in [2.45, 2.75) is 57.4 Å². The molecule has 4 atom stereocenters. The molecule has 2 saturated carbocycles. The molecule has 4 unspecified atom stereocenters. The second-order valence-corrected chi connectivity index (χ2v) is 7.42. The van der Waals surface area contributed by atoms with Gasteiger partial charge in [0.15, 0.2) is 0 Å². The first-order chi connectivity index (χ1) is 9.36. The molecule has 0 aliphatic heterocycles. The topological polar surface area (TPSA) is 24.9 Å². The van der Waals surface area contributed by atoms with E-state index < -0.39 is 0 Å². The van der Waals surface area contributed by atoms with Crippen LogP contribution in [0.4, 0.5) is 0 Å². The standard InChI is InChI=1S/C16H26N2S/c1-17-16(9-15-10-18-11-19-15)14-7-6-12-4-2-3-5-13(12)8-14/h10-14,16-17H,2-9H2,1H3. The van der Waals surface area contributed by atoms with Gasteiger partial charge in [-0.2, -0.15) is 0 Å². The molecule has 1 heterocycles. The van der Waals surface area contributed by atoms with Crippen molar-refractivity contribution in [3.05, 3.63) is 16.6 Å². The number of rotatable bonds is 4. The fourth-order valence-corrected chi connectivity index (χ4v) is 4.99. The number of hydrogen-bond acceptors (Lipinski definition) is 3. The minimum atomic E-state index is 0.656. The van der Waals surface area contributed by atoms with Gasteiger partial charge in [0, 0.05) is 17.1 Å². The van der Waals surface area contributed by atoms with Crippen LogP contribution in [0.1, 0.15) is 49.8 Å². The van der Waals surface area contributed by atoms with Crippen LogP contribution in [0.2, 0.25) is 0 Å². The van der Waals surface area contributed by atoms with Crippen molar-refractivity contribution in [1.82, 2.24) is 10.3 Å². The highest BCUT2D eigenvalue weighted by atomic mass is 32.1. The van der Waals surface area contributed by atoms with Gasteiger partial charge in [0.2, 0.25) is 0 Å². The van der Waals surface area contributed by atoms with Crippen molar-refractivity contribution in [3.8, 4) is 0 Å². The average molecular weight is 278 g/mol. The van der Waals surface area contributed by atoms with E-state index in [9.17, 15) is 0 Å². The van der Waals surface area contributed by atoms with Gasteiger partial charge < -0.3 is 5.32 Å². The molecule has 3 heteroatoms. The zero-order valence-corrected chi connectivity index (χ0v) is 12.8. The minimum Gasteiger partial charge on any atom is -0.316 e. The maximum absolute atomic E-state index is 4.21. The zero-order chi connectivity index (χ0) is 13.1. The summed E-state index contributed by atoms with van der Waals surface area (Å²) in [6.07, 6.45) is 13.6. The van der Waals surface area contributed by atoms with Gasteiger partial charge in [-0.25, -0.2) is 0 Å². The molecule has 1 N–H and O–H groups in total. The molecule has 2 nitrogen and oxygen atoms in total. The van der Waals surface area contributed by atoms with Crippen LogP contribution in [0, 0.1) is 17.8 Å². The van der Waals surface area contributed by atoms with Crippen molar-refractivity contribution in [2.24, 2.45) is 17.8 Å². The summed E-state index contributed by atoms with van der Waals surface area (Å²) >= 11 is 1.80. The Labute approximate surface area is 121 Å². The molecule has 0 amide bonds. The van der Waals surface area contributed by atoms with E-state index in [0.717, 1.165) is 17.8 Å². The lowest BCUT2D eigenvalue weighted by molar-refractivity contribution is 0.111. The van der Waals surface area contributed by atoms with Crippen molar-refractivity contribution in [3.63, 3.8) is 0 Å². The van der Waals surface area contributed by atoms with Crippen LogP contribution in [0.25, 0.3) is 0 Å². The second kappa shape index (κ2) is 6.36. The molecule has 0 saturated heterocycles. The van der Waals surface area contributed by atoms with Gasteiger partial charge in [-0.15, -0.1) is 11.3 Å². The van der Waals surface area contributed by atoms with Gasteiger partial charge >= 0.3 is 0 Å². The van der Waals surface area contributed by atoms with E-state index in [4.69, 9.17) is 0 Å². The highest BCUT2D eigenvalue weighted by Gasteiger charge is 2.34. The first-order valence-corrected chi connectivity index (χ1v) is 8.79. The Morgan fingerprint density at radius 2 is 2.11 bits per heavy atom. The maximum Gasteiger partial charge on any atom is 0.0794 e. The van der Waals surface area contributed by atoms with E-state index in [1.807, 2.05) is 11.7 Å². The van der Waals surface area contributed by atoms with Gasteiger partial charge in [0.25, 0.3) is 0 Å². The summed E-state index contributed by atoms with van der Waals surface area (Å²) in [5.74, 6) is 2.97. The number of nitrogens with one attached hydrogen (secondary N) is 1. The van der Waals surface area contributed by atoms with E-state index in [2.05, 4.69) is 17.3 Å². The van der Waals surface area contributed by atoms with Crippen LogP contribution >= 0.6 is 11.3 Å². The van der Waals surface area contributed by atoms with Crippen LogP contribution in [-0.4, -0.2) is 18.1 Å². The third-order valence-corrected chi connectivity index (χ3v) is 6.23. The fourth-order valence-electron chi connectivity index (χ4n) is 4.34. The number of aromatic nitrogens is 1. The fraction of sp³-hybridized carbons (Fsp3) is 0.812. The summed E-state index contributed by atoms with van der Waals surface area (Å²) < 4.78 is 0. The van der Waals surface area contributed by atoms with E-state index >= 15 is 0 Å². The first-order valence-electron chi connectivity index (χ1n) is 7.91. The smallest absolute Gasteiger partial charge is 0.0794 e. The van der Waals surface area contributed by atoms with Gasteiger partial charge in [-0.05, 0) is 50.5 Å². The lowest BCUT2D eigenvalue weighted by Gasteiger charge is -2.42. The zero-order valence-electron chi connectivity index (χ0n) is 12.0. The molecule has 2 fully saturated rings. The predicted molar refractivity (Wildman–Crippen MR) is 81.5 cm³/mol. The Hall–Kier alpha value is -0.410. The average Bonchev–Trinajstić information content (AvgIpc) is 2.97. The molecule has 0 aromatic carbocycles. The molecule has 0 bridgehead atoms. The van der Waals surface area contributed by atoms with Crippen molar-refractivity contribution < 1.29 is 0 Å². The van der Waals surface area contributed by atoms with Crippen LogP contribution in [-0.2, 0) is 6.42 Å². The summed E-state index contributed by atoms with van der Waals surface area (Å²) in [6, 6.07) is 0.656. The van der Waals surface area contributed by atoms with Gasteiger partial charge in [0.1, 0.15) is 0 Å². The molecule has 1 aromatic heterocycles. The second-order valence-electron chi connectivity index (χ2n) is 6.44. The summed E-state index contributed by atoms with van der Waals surface area (Å²) in [5.41, 5.74) is 1.96. The quantitative estimate of drug-likeness (QED) is 0.904.